The Labute approximate surface area is 174 Å². The van der Waals surface area contributed by atoms with E-state index in [4.69, 9.17) is 0 Å². The van der Waals surface area contributed by atoms with Gasteiger partial charge >= 0.3 is 0 Å². The number of likely N-dealkylation sites (tertiary alicyclic amines) is 1. The Morgan fingerprint density at radius 1 is 1.03 bits per heavy atom. The number of para-hydroxylation sites is 1. The fourth-order valence-electron chi connectivity index (χ4n) is 3.58. The van der Waals surface area contributed by atoms with Crippen LogP contribution in [0.2, 0.25) is 0 Å². The van der Waals surface area contributed by atoms with Gasteiger partial charge in [0.2, 0.25) is 0 Å². The molecular formula is C23H23FN4O2. The number of halogens is 1. The molecule has 1 aliphatic heterocycles. The second-order valence-corrected chi connectivity index (χ2v) is 7.50. The summed E-state index contributed by atoms with van der Waals surface area (Å²) >= 11 is 0. The van der Waals surface area contributed by atoms with Crippen molar-refractivity contribution in [2.75, 3.05) is 13.1 Å². The van der Waals surface area contributed by atoms with Crippen LogP contribution in [0.1, 0.15) is 39.3 Å². The summed E-state index contributed by atoms with van der Waals surface area (Å²) in [6.45, 7) is 3.16. The van der Waals surface area contributed by atoms with E-state index in [1.54, 1.807) is 30.5 Å². The summed E-state index contributed by atoms with van der Waals surface area (Å²) in [4.78, 5) is 27.0. The topological polar surface area (TPSA) is 67.2 Å². The molecule has 7 heteroatoms. The maximum absolute atomic E-state index is 13.9. The van der Waals surface area contributed by atoms with Crippen LogP contribution in [0.25, 0.3) is 5.69 Å². The number of carbonyl (C=O) groups excluding carboxylic acids is 2. The van der Waals surface area contributed by atoms with Crippen molar-refractivity contribution in [3.63, 3.8) is 0 Å². The lowest BCUT2D eigenvalue weighted by Gasteiger charge is -2.32. The number of aromatic nitrogens is 2. The van der Waals surface area contributed by atoms with E-state index in [2.05, 4.69) is 10.4 Å². The molecule has 6 nitrogen and oxygen atoms in total. The molecule has 154 valence electrons. The molecule has 2 heterocycles. The predicted octanol–water partition coefficient (Wildman–Crippen LogP) is 3.35. The first-order chi connectivity index (χ1) is 14.5. The molecule has 1 N–H and O–H groups in total. The molecule has 0 bridgehead atoms. The quantitative estimate of drug-likeness (QED) is 0.723. The third kappa shape index (κ3) is 4.25. The van der Waals surface area contributed by atoms with E-state index in [1.807, 2.05) is 36.1 Å². The van der Waals surface area contributed by atoms with E-state index in [1.165, 1.54) is 10.7 Å². The molecule has 0 spiro atoms. The van der Waals surface area contributed by atoms with Crippen LogP contribution in [0.5, 0.6) is 0 Å². The highest BCUT2D eigenvalue weighted by Crippen LogP contribution is 2.16. The van der Waals surface area contributed by atoms with Crippen molar-refractivity contribution >= 4 is 11.8 Å². The largest absolute Gasteiger partial charge is 0.348 e. The number of hydrogen-bond donors (Lipinski definition) is 1. The van der Waals surface area contributed by atoms with Gasteiger partial charge in [-0.15, -0.1) is 0 Å². The van der Waals surface area contributed by atoms with E-state index in [9.17, 15) is 14.0 Å². The summed E-state index contributed by atoms with van der Waals surface area (Å²) in [6, 6.07) is 15.4. The summed E-state index contributed by atoms with van der Waals surface area (Å²) in [5, 5.41) is 7.17. The highest BCUT2D eigenvalue weighted by atomic mass is 19.1. The predicted molar refractivity (Wildman–Crippen MR) is 111 cm³/mol. The zero-order valence-corrected chi connectivity index (χ0v) is 16.7. The van der Waals surface area contributed by atoms with Crippen molar-refractivity contribution in [3.8, 4) is 5.69 Å². The van der Waals surface area contributed by atoms with Crippen LogP contribution >= 0.6 is 0 Å². The standard InChI is InChI=1S/C23H23FN4O2/c1-16-6-8-17(9-7-16)23(30)27-13-10-18(11-14-27)25-22(29)20-12-15-28(26-20)21-5-3-2-4-19(21)24/h2-9,12,15,18H,10-11,13-14H2,1H3,(H,25,29). The summed E-state index contributed by atoms with van der Waals surface area (Å²) in [6.07, 6.45) is 2.92. The molecule has 1 saturated heterocycles. The van der Waals surface area contributed by atoms with Gasteiger partial charge in [-0.2, -0.15) is 5.10 Å². The summed E-state index contributed by atoms with van der Waals surface area (Å²) in [7, 11) is 0. The molecule has 0 aliphatic carbocycles. The Kier molecular flexibility index (Phi) is 5.61. The Morgan fingerprint density at radius 2 is 1.73 bits per heavy atom. The van der Waals surface area contributed by atoms with Gasteiger partial charge in [0.15, 0.2) is 5.69 Å². The molecule has 0 unspecified atom stereocenters. The van der Waals surface area contributed by atoms with Crippen LogP contribution < -0.4 is 5.32 Å². The molecule has 3 aromatic rings. The Bertz CT molecular complexity index is 1050. The minimum absolute atomic E-state index is 0.0170. The van der Waals surface area contributed by atoms with Gasteiger partial charge in [-0.25, -0.2) is 9.07 Å². The number of aryl methyl sites for hydroxylation is 1. The maximum Gasteiger partial charge on any atom is 0.272 e. The van der Waals surface area contributed by atoms with Gasteiger partial charge in [-0.05, 0) is 50.1 Å². The molecule has 2 amide bonds. The van der Waals surface area contributed by atoms with E-state index >= 15 is 0 Å². The van der Waals surface area contributed by atoms with Gasteiger partial charge in [0.1, 0.15) is 11.5 Å². The maximum atomic E-state index is 13.9. The smallest absolute Gasteiger partial charge is 0.272 e. The van der Waals surface area contributed by atoms with E-state index in [0.29, 0.717) is 37.2 Å². The average molecular weight is 406 g/mol. The zero-order valence-electron chi connectivity index (χ0n) is 16.7. The van der Waals surface area contributed by atoms with E-state index in [-0.39, 0.29) is 23.6 Å². The first-order valence-electron chi connectivity index (χ1n) is 9.98. The van der Waals surface area contributed by atoms with Crippen molar-refractivity contribution in [2.45, 2.75) is 25.8 Å². The first-order valence-corrected chi connectivity index (χ1v) is 9.98. The van der Waals surface area contributed by atoms with E-state index in [0.717, 1.165) is 5.56 Å². The third-order valence-electron chi connectivity index (χ3n) is 5.34. The highest BCUT2D eigenvalue weighted by molar-refractivity contribution is 5.94. The summed E-state index contributed by atoms with van der Waals surface area (Å²) in [5.74, 6) is -0.685. The van der Waals surface area contributed by atoms with Crippen molar-refractivity contribution in [3.05, 3.63) is 83.4 Å². The fourth-order valence-corrected chi connectivity index (χ4v) is 3.58. The van der Waals surface area contributed by atoms with Crippen LogP contribution in [0, 0.1) is 12.7 Å². The van der Waals surface area contributed by atoms with Crippen LogP contribution in [-0.4, -0.2) is 45.6 Å². The molecule has 0 radical (unpaired) electrons. The number of carbonyl (C=O) groups is 2. The number of rotatable bonds is 4. The fraction of sp³-hybridized carbons (Fsp3) is 0.261. The lowest BCUT2D eigenvalue weighted by atomic mass is 10.0. The van der Waals surface area contributed by atoms with Gasteiger partial charge in [0, 0.05) is 30.9 Å². The molecule has 30 heavy (non-hydrogen) atoms. The number of nitrogens with one attached hydrogen (secondary N) is 1. The highest BCUT2D eigenvalue weighted by Gasteiger charge is 2.25. The van der Waals surface area contributed by atoms with Crippen molar-refractivity contribution < 1.29 is 14.0 Å². The Balaban J connectivity index is 1.33. The van der Waals surface area contributed by atoms with Gasteiger partial charge in [-0.3, -0.25) is 9.59 Å². The number of hydrogen-bond acceptors (Lipinski definition) is 3. The first kappa shape index (κ1) is 19.8. The van der Waals surface area contributed by atoms with Crippen molar-refractivity contribution in [2.24, 2.45) is 0 Å². The van der Waals surface area contributed by atoms with Crippen molar-refractivity contribution in [1.82, 2.24) is 20.0 Å². The van der Waals surface area contributed by atoms with Crippen molar-refractivity contribution in [1.29, 1.82) is 0 Å². The summed E-state index contributed by atoms with van der Waals surface area (Å²) in [5.41, 5.74) is 2.32. The minimum atomic E-state index is -0.404. The van der Waals surface area contributed by atoms with Crippen LogP contribution in [0.15, 0.2) is 60.8 Å². The number of piperidine rings is 1. The van der Waals surface area contributed by atoms with Gasteiger partial charge in [0.25, 0.3) is 11.8 Å². The number of benzene rings is 2. The normalized spacial score (nSPS) is 14.5. The van der Waals surface area contributed by atoms with Gasteiger partial charge < -0.3 is 10.2 Å². The Hall–Kier alpha value is -3.48. The lowest BCUT2D eigenvalue weighted by molar-refractivity contribution is 0.0697. The van der Waals surface area contributed by atoms with Gasteiger partial charge in [-0.1, -0.05) is 29.8 Å². The summed E-state index contributed by atoms with van der Waals surface area (Å²) < 4.78 is 15.3. The third-order valence-corrected chi connectivity index (χ3v) is 5.34. The second kappa shape index (κ2) is 8.49. The SMILES string of the molecule is Cc1ccc(C(=O)N2CCC(NC(=O)c3ccn(-c4ccccc4F)n3)CC2)cc1. The number of amides is 2. The molecule has 1 fully saturated rings. The molecule has 1 aliphatic rings. The van der Waals surface area contributed by atoms with Crippen LogP contribution in [0.4, 0.5) is 4.39 Å². The zero-order chi connectivity index (χ0) is 21.1. The molecule has 2 aromatic carbocycles. The van der Waals surface area contributed by atoms with Gasteiger partial charge in [0.05, 0.1) is 0 Å². The monoisotopic (exact) mass is 406 g/mol. The minimum Gasteiger partial charge on any atom is -0.348 e. The Morgan fingerprint density at radius 3 is 2.43 bits per heavy atom. The molecule has 0 atom stereocenters. The molecule has 1 aromatic heterocycles. The average Bonchev–Trinajstić information content (AvgIpc) is 3.25. The molecule has 0 saturated carbocycles. The molecular weight excluding hydrogens is 383 g/mol. The van der Waals surface area contributed by atoms with Crippen LogP contribution in [0.3, 0.4) is 0 Å². The lowest BCUT2D eigenvalue weighted by Crippen LogP contribution is -2.46. The number of nitrogens with zero attached hydrogens (tertiary/aromatic N) is 3. The molecule has 4 rings (SSSR count). The van der Waals surface area contributed by atoms with Crippen LogP contribution in [-0.2, 0) is 0 Å². The van der Waals surface area contributed by atoms with E-state index < -0.39 is 5.82 Å². The second-order valence-electron chi connectivity index (χ2n) is 7.50.